The fraction of sp³-hybridized carbons (Fsp3) is 0.920. The number of rotatable bonds is 34. The maximum Gasteiger partial charge on any atom is 0.113 e. The summed E-state index contributed by atoms with van der Waals surface area (Å²) >= 11 is 0. The molecule has 222 valence electrons. The quantitative estimate of drug-likeness (QED) is 0.0866. The molecule has 0 bridgehead atoms. The van der Waals surface area contributed by atoms with Crippen LogP contribution in [0.15, 0.2) is 12.7 Å². The second-order valence-corrected chi connectivity index (χ2v) is 7.18. The molecule has 11 nitrogen and oxygen atoms in total. The molecular weight excluding hydrogens is 495 g/mol. The van der Waals surface area contributed by atoms with Crippen molar-refractivity contribution >= 4 is 0 Å². The number of halogens is 1. The van der Waals surface area contributed by atoms with E-state index in [9.17, 15) is 4.39 Å². The van der Waals surface area contributed by atoms with Crippen LogP contribution < -0.4 is 0 Å². The summed E-state index contributed by atoms with van der Waals surface area (Å²) in [7, 11) is 0. The van der Waals surface area contributed by atoms with Gasteiger partial charge in [0.05, 0.1) is 145 Å². The maximum absolute atomic E-state index is 11.8. The summed E-state index contributed by atoms with van der Waals surface area (Å²) in [5.74, 6) is 0. The third-order valence-corrected chi connectivity index (χ3v) is 4.18. The van der Waals surface area contributed by atoms with Crippen LogP contribution in [0.5, 0.6) is 0 Å². The lowest BCUT2D eigenvalue weighted by Crippen LogP contribution is -2.15. The highest BCUT2D eigenvalue weighted by molar-refractivity contribution is 4.63. The highest BCUT2D eigenvalue weighted by Gasteiger charge is 1.96. The number of alkyl halides is 1. The Labute approximate surface area is 221 Å². The van der Waals surface area contributed by atoms with Crippen LogP contribution in [0.1, 0.15) is 0 Å². The lowest BCUT2D eigenvalue weighted by atomic mass is 10.6. The second-order valence-electron chi connectivity index (χ2n) is 7.18. The summed E-state index contributed by atoms with van der Waals surface area (Å²) in [6.45, 7) is 13.8. The van der Waals surface area contributed by atoms with Crippen molar-refractivity contribution in [1.29, 1.82) is 0 Å². The van der Waals surface area contributed by atoms with Gasteiger partial charge in [0, 0.05) is 0 Å². The molecule has 0 rings (SSSR count). The van der Waals surface area contributed by atoms with Crippen molar-refractivity contribution in [1.82, 2.24) is 0 Å². The molecule has 12 heteroatoms. The molecule has 0 amide bonds. The first kappa shape index (κ1) is 36.2. The van der Waals surface area contributed by atoms with E-state index in [0.29, 0.717) is 139 Å². The van der Waals surface area contributed by atoms with Gasteiger partial charge in [-0.2, -0.15) is 0 Å². The van der Waals surface area contributed by atoms with Gasteiger partial charge in [0.1, 0.15) is 6.67 Å². The topological polar surface area (TPSA) is 102 Å². The largest absolute Gasteiger partial charge is 0.377 e. The molecule has 0 aromatic carbocycles. The van der Waals surface area contributed by atoms with E-state index in [1.807, 2.05) is 0 Å². The average Bonchev–Trinajstić information content (AvgIpc) is 2.91. The fourth-order valence-corrected chi connectivity index (χ4v) is 2.42. The molecule has 0 atom stereocenters. The van der Waals surface area contributed by atoms with Crippen LogP contribution in [0.25, 0.3) is 0 Å². The summed E-state index contributed by atoms with van der Waals surface area (Å²) < 4.78 is 70.5. The van der Waals surface area contributed by atoms with Crippen LogP contribution in [0.4, 0.5) is 4.39 Å². The van der Waals surface area contributed by atoms with E-state index in [1.54, 1.807) is 6.08 Å². The molecule has 0 aliphatic heterocycles. The molecule has 0 spiro atoms. The fourth-order valence-electron chi connectivity index (χ4n) is 2.42. The first-order valence-corrected chi connectivity index (χ1v) is 12.9. The van der Waals surface area contributed by atoms with Gasteiger partial charge in [0.2, 0.25) is 0 Å². The molecule has 0 fully saturated rings. The SMILES string of the molecule is C=CCOCCOCCOCCOCCOCCOCCOCCOCCOCCOCCOCCF. The molecule has 0 heterocycles. The Morgan fingerprint density at radius 3 is 0.703 bits per heavy atom. The van der Waals surface area contributed by atoms with Gasteiger partial charge in [-0.15, -0.1) is 6.58 Å². The zero-order valence-corrected chi connectivity index (χ0v) is 22.4. The lowest BCUT2D eigenvalue weighted by Gasteiger charge is -2.09. The van der Waals surface area contributed by atoms with E-state index in [-0.39, 0.29) is 6.61 Å². The molecule has 0 aliphatic rings. The Morgan fingerprint density at radius 2 is 0.514 bits per heavy atom. The van der Waals surface area contributed by atoms with Crippen molar-refractivity contribution in [3.63, 3.8) is 0 Å². The minimum atomic E-state index is -0.473. The normalized spacial score (nSPS) is 11.4. The highest BCUT2D eigenvalue weighted by atomic mass is 19.1. The third kappa shape index (κ3) is 35.2. The Hall–Kier alpha value is -0.770. The van der Waals surface area contributed by atoms with Gasteiger partial charge in [-0.25, -0.2) is 4.39 Å². The van der Waals surface area contributed by atoms with Gasteiger partial charge in [-0.05, 0) is 0 Å². The van der Waals surface area contributed by atoms with Crippen molar-refractivity contribution in [2.24, 2.45) is 0 Å². The predicted octanol–water partition coefficient (Wildman–Crippen LogP) is 1.32. The molecule has 0 aliphatic carbocycles. The zero-order valence-electron chi connectivity index (χ0n) is 22.4. The van der Waals surface area contributed by atoms with Gasteiger partial charge >= 0.3 is 0 Å². The Balaban J connectivity index is 3.01. The van der Waals surface area contributed by atoms with Crippen molar-refractivity contribution in [2.75, 3.05) is 152 Å². The number of hydrogen-bond acceptors (Lipinski definition) is 11. The van der Waals surface area contributed by atoms with E-state index in [1.165, 1.54) is 0 Å². The van der Waals surface area contributed by atoms with Crippen molar-refractivity contribution in [3.8, 4) is 0 Å². The predicted molar refractivity (Wildman–Crippen MR) is 135 cm³/mol. The van der Waals surface area contributed by atoms with E-state index >= 15 is 0 Å². The summed E-state index contributed by atoms with van der Waals surface area (Å²) in [4.78, 5) is 0. The highest BCUT2D eigenvalue weighted by Crippen LogP contribution is 1.87. The van der Waals surface area contributed by atoms with Gasteiger partial charge in [0.25, 0.3) is 0 Å². The minimum absolute atomic E-state index is 0.115. The van der Waals surface area contributed by atoms with Gasteiger partial charge in [-0.1, -0.05) is 6.08 Å². The molecule has 37 heavy (non-hydrogen) atoms. The zero-order chi connectivity index (χ0) is 26.7. The molecule has 0 radical (unpaired) electrons. The average molecular weight is 545 g/mol. The summed E-state index contributed by atoms with van der Waals surface area (Å²) in [6.07, 6.45) is 1.71. The summed E-state index contributed by atoms with van der Waals surface area (Å²) in [6, 6.07) is 0. The molecule has 0 N–H and O–H groups in total. The smallest absolute Gasteiger partial charge is 0.113 e. The molecule has 0 unspecified atom stereocenters. The summed E-state index contributed by atoms with van der Waals surface area (Å²) in [5.41, 5.74) is 0. The van der Waals surface area contributed by atoms with Gasteiger partial charge < -0.3 is 52.1 Å². The van der Waals surface area contributed by atoms with Crippen LogP contribution in [0.2, 0.25) is 0 Å². The van der Waals surface area contributed by atoms with E-state index in [2.05, 4.69) is 6.58 Å². The molecular formula is C25H49FO11. The lowest BCUT2D eigenvalue weighted by molar-refractivity contribution is -0.0273. The third-order valence-electron chi connectivity index (χ3n) is 4.18. The van der Waals surface area contributed by atoms with E-state index < -0.39 is 6.67 Å². The molecule has 0 saturated heterocycles. The first-order chi connectivity index (χ1) is 18.4. The van der Waals surface area contributed by atoms with Gasteiger partial charge in [-0.3, -0.25) is 0 Å². The number of ether oxygens (including phenoxy) is 11. The monoisotopic (exact) mass is 544 g/mol. The van der Waals surface area contributed by atoms with Crippen molar-refractivity contribution in [2.45, 2.75) is 0 Å². The molecule has 0 aromatic rings. The minimum Gasteiger partial charge on any atom is -0.377 e. The molecule has 0 saturated carbocycles. The van der Waals surface area contributed by atoms with Crippen LogP contribution in [0, 0.1) is 0 Å². The Bertz CT molecular complexity index is 422. The Kier molecular flexibility index (Phi) is 34.5. The van der Waals surface area contributed by atoms with Crippen LogP contribution >= 0.6 is 0 Å². The Morgan fingerprint density at radius 1 is 0.324 bits per heavy atom. The van der Waals surface area contributed by atoms with Crippen LogP contribution in [0.3, 0.4) is 0 Å². The number of hydrogen-bond donors (Lipinski definition) is 0. The van der Waals surface area contributed by atoms with Gasteiger partial charge in [0.15, 0.2) is 0 Å². The maximum atomic E-state index is 11.8. The summed E-state index contributed by atoms with van der Waals surface area (Å²) in [5, 5.41) is 0. The van der Waals surface area contributed by atoms with E-state index in [4.69, 9.17) is 52.1 Å². The molecule has 0 aromatic heterocycles. The van der Waals surface area contributed by atoms with E-state index in [0.717, 1.165) is 0 Å². The first-order valence-electron chi connectivity index (χ1n) is 12.9. The van der Waals surface area contributed by atoms with Crippen molar-refractivity contribution in [3.05, 3.63) is 12.7 Å². The second kappa shape index (κ2) is 35.2. The van der Waals surface area contributed by atoms with Crippen LogP contribution in [-0.4, -0.2) is 152 Å². The van der Waals surface area contributed by atoms with Crippen molar-refractivity contribution < 1.29 is 56.5 Å². The standard InChI is InChI=1S/C25H49FO11/c1-2-4-27-6-8-29-10-12-31-14-16-33-18-20-35-22-24-37-25-23-36-21-19-34-17-15-32-13-11-30-9-7-28-5-3-26/h2H,1,3-25H2. The van der Waals surface area contributed by atoms with Crippen LogP contribution in [-0.2, 0) is 52.1 Å².